The van der Waals surface area contributed by atoms with Crippen molar-refractivity contribution in [2.75, 3.05) is 0 Å². The Balaban J connectivity index is 1.67. The molecule has 1 aromatic rings. The lowest BCUT2D eigenvalue weighted by Gasteiger charge is -2.54. The fourth-order valence-electron chi connectivity index (χ4n) is 7.51. The van der Waals surface area contributed by atoms with Crippen molar-refractivity contribution in [3.05, 3.63) is 59.2 Å². The van der Waals surface area contributed by atoms with Gasteiger partial charge in [0.15, 0.2) is 5.78 Å². The molecule has 1 aliphatic heterocycles. The Morgan fingerprint density at radius 3 is 2.28 bits per heavy atom. The lowest BCUT2D eigenvalue weighted by molar-refractivity contribution is -0.206. The monoisotopic (exact) mass is 492 g/mol. The molecule has 0 unspecified atom stereocenters. The summed E-state index contributed by atoms with van der Waals surface area (Å²) < 4.78 is 18.5. The highest BCUT2D eigenvalue weighted by Gasteiger charge is 2.87. The van der Waals surface area contributed by atoms with Gasteiger partial charge in [-0.2, -0.15) is 0 Å². The number of carbonyl (C=O) groups is 4. The molecule has 2 saturated carbocycles. The molecule has 8 atom stereocenters. The van der Waals surface area contributed by atoms with E-state index >= 15 is 0 Å². The van der Waals surface area contributed by atoms with Gasteiger partial charge in [-0.1, -0.05) is 44.2 Å². The highest BCUT2D eigenvalue weighted by Crippen LogP contribution is 2.77. The van der Waals surface area contributed by atoms with Crippen LogP contribution in [0, 0.1) is 29.1 Å². The zero-order valence-corrected chi connectivity index (χ0v) is 21.5. The molecule has 0 bridgehead atoms. The van der Waals surface area contributed by atoms with Gasteiger partial charge in [0.2, 0.25) is 0 Å². The molecular weight excluding hydrogens is 460 g/mol. The maximum Gasteiger partial charge on any atom is 0.338 e. The van der Waals surface area contributed by atoms with Crippen LogP contribution in [0.5, 0.6) is 0 Å². The van der Waals surface area contributed by atoms with Gasteiger partial charge in [-0.05, 0) is 38.5 Å². The number of allylic oxidation sites excluding steroid dienone is 1. The molecule has 0 saturated heterocycles. The fraction of sp³-hybridized carbons (Fsp3) is 0.517. The first-order valence-corrected chi connectivity index (χ1v) is 12.5. The largest absolute Gasteiger partial charge is 0.458 e. The number of ketones is 1. The lowest BCUT2D eigenvalue weighted by atomic mass is 9.58. The van der Waals surface area contributed by atoms with E-state index in [2.05, 4.69) is 0 Å². The van der Waals surface area contributed by atoms with Crippen LogP contribution in [0.4, 0.5) is 0 Å². The van der Waals surface area contributed by atoms with Gasteiger partial charge in [0, 0.05) is 42.6 Å². The zero-order chi connectivity index (χ0) is 26.2. The van der Waals surface area contributed by atoms with Crippen molar-refractivity contribution in [1.82, 2.24) is 0 Å². The summed E-state index contributed by atoms with van der Waals surface area (Å²) in [7, 11) is 0. The smallest absolute Gasteiger partial charge is 0.338 e. The third-order valence-electron chi connectivity index (χ3n) is 9.36. The second-order valence-electron chi connectivity index (χ2n) is 11.1. The van der Waals surface area contributed by atoms with Gasteiger partial charge in [0.25, 0.3) is 0 Å². The number of hydrogen-bond acceptors (Lipinski definition) is 7. The van der Waals surface area contributed by atoms with Crippen LogP contribution in [0.15, 0.2) is 53.6 Å². The molecule has 36 heavy (non-hydrogen) atoms. The molecule has 7 nitrogen and oxygen atoms in total. The summed E-state index contributed by atoms with van der Waals surface area (Å²) in [6.07, 6.45) is 3.28. The molecule has 7 heteroatoms. The molecule has 1 aromatic carbocycles. The molecule has 0 aromatic heterocycles. The highest BCUT2D eigenvalue weighted by molar-refractivity contribution is 5.98. The number of benzene rings is 1. The van der Waals surface area contributed by atoms with E-state index < -0.39 is 46.5 Å². The van der Waals surface area contributed by atoms with Crippen LogP contribution in [0.1, 0.15) is 58.3 Å². The van der Waals surface area contributed by atoms with Gasteiger partial charge in [0.05, 0.1) is 11.0 Å². The van der Waals surface area contributed by atoms with Crippen molar-refractivity contribution in [2.45, 2.75) is 65.3 Å². The first-order valence-electron chi connectivity index (χ1n) is 12.5. The van der Waals surface area contributed by atoms with Crippen LogP contribution in [-0.2, 0) is 28.6 Å². The molecule has 0 amide bonds. The van der Waals surface area contributed by atoms with Crippen LogP contribution in [0.2, 0.25) is 0 Å². The predicted molar refractivity (Wildman–Crippen MR) is 130 cm³/mol. The van der Waals surface area contributed by atoms with E-state index in [4.69, 9.17) is 14.2 Å². The Morgan fingerprint density at radius 1 is 1.03 bits per heavy atom. The third-order valence-corrected chi connectivity index (χ3v) is 9.36. The van der Waals surface area contributed by atoms with E-state index in [-0.39, 0.29) is 30.0 Å². The minimum atomic E-state index is -1.13. The maximum absolute atomic E-state index is 13.3. The van der Waals surface area contributed by atoms with E-state index in [1.165, 1.54) is 6.92 Å². The first-order chi connectivity index (χ1) is 16.9. The van der Waals surface area contributed by atoms with Crippen LogP contribution in [0.3, 0.4) is 0 Å². The summed E-state index contributed by atoms with van der Waals surface area (Å²) in [4.78, 5) is 51.2. The van der Waals surface area contributed by atoms with E-state index in [0.29, 0.717) is 16.7 Å². The zero-order valence-electron chi connectivity index (χ0n) is 21.5. The van der Waals surface area contributed by atoms with Crippen LogP contribution in [-0.4, -0.2) is 41.0 Å². The lowest BCUT2D eigenvalue weighted by Crippen LogP contribution is -2.63. The van der Waals surface area contributed by atoms with Crippen LogP contribution in [0.25, 0.3) is 0 Å². The standard InChI is InChI=1S/C29H32O7/c1-15-12-20(14-22(15)31)29-17(3)24(34-26(33)19-10-8-7-9-11-19)27(5)23(28(27,6)35-18(4)30)21(29)13-16(2)25(32)36-29/h7-13,17,20-21,23-24H,14H2,1-6H3/t17-,20-,21+,23+,24-,27+,28+,29+/m1/s1. The minimum Gasteiger partial charge on any atom is -0.458 e. The number of esters is 3. The van der Waals surface area contributed by atoms with E-state index in [9.17, 15) is 19.2 Å². The second-order valence-corrected chi connectivity index (χ2v) is 11.1. The topological polar surface area (TPSA) is 96.0 Å². The Bertz CT molecular complexity index is 1230. The van der Waals surface area contributed by atoms with Crippen molar-refractivity contribution in [3.8, 4) is 0 Å². The van der Waals surface area contributed by atoms with Crippen LogP contribution < -0.4 is 0 Å². The molecule has 190 valence electrons. The Morgan fingerprint density at radius 2 is 1.69 bits per heavy atom. The second kappa shape index (κ2) is 7.89. The Labute approximate surface area is 210 Å². The van der Waals surface area contributed by atoms with Gasteiger partial charge in [0.1, 0.15) is 17.3 Å². The summed E-state index contributed by atoms with van der Waals surface area (Å²) in [5.74, 6) is -2.86. The minimum absolute atomic E-state index is 0.00681. The number of Topliss-reactive ketones (excluding diaryl/α,β-unsaturated/α-hetero) is 1. The van der Waals surface area contributed by atoms with Gasteiger partial charge >= 0.3 is 17.9 Å². The number of hydrogen-bond donors (Lipinski definition) is 0. The molecular formula is C29H32O7. The molecule has 0 spiro atoms. The molecule has 4 aliphatic rings. The summed E-state index contributed by atoms with van der Waals surface area (Å²) >= 11 is 0. The van der Waals surface area contributed by atoms with E-state index in [0.717, 1.165) is 0 Å². The average Bonchev–Trinajstić information content (AvgIpc) is 3.09. The molecule has 0 radical (unpaired) electrons. The third kappa shape index (κ3) is 3.10. The summed E-state index contributed by atoms with van der Waals surface area (Å²) in [5, 5.41) is 0. The summed E-state index contributed by atoms with van der Waals surface area (Å²) in [6.45, 7) is 10.6. The van der Waals surface area contributed by atoms with Crippen molar-refractivity contribution in [1.29, 1.82) is 0 Å². The Kier molecular flexibility index (Phi) is 5.36. The summed E-state index contributed by atoms with van der Waals surface area (Å²) in [6, 6.07) is 8.70. The normalized spacial score (nSPS) is 40.8. The average molecular weight is 493 g/mol. The first kappa shape index (κ1) is 24.5. The number of rotatable bonds is 4. The quantitative estimate of drug-likeness (QED) is 0.459. The summed E-state index contributed by atoms with van der Waals surface area (Å²) in [5.41, 5.74) is -1.30. The molecule has 0 N–H and O–H groups in total. The number of fused-ring (bicyclic) bond motifs is 3. The molecule has 5 rings (SSSR count). The van der Waals surface area contributed by atoms with Gasteiger partial charge in [-0.3, -0.25) is 9.59 Å². The molecule has 2 fully saturated rings. The molecule has 3 aliphatic carbocycles. The van der Waals surface area contributed by atoms with Gasteiger partial charge < -0.3 is 14.2 Å². The van der Waals surface area contributed by atoms with Crippen molar-refractivity contribution in [2.24, 2.45) is 29.1 Å². The van der Waals surface area contributed by atoms with Gasteiger partial charge in [-0.25, -0.2) is 9.59 Å². The van der Waals surface area contributed by atoms with Crippen molar-refractivity contribution >= 4 is 23.7 Å². The highest BCUT2D eigenvalue weighted by atomic mass is 16.6. The molecule has 1 heterocycles. The van der Waals surface area contributed by atoms with E-state index in [1.807, 2.05) is 39.0 Å². The number of carbonyl (C=O) groups excluding carboxylic acids is 4. The van der Waals surface area contributed by atoms with Gasteiger partial charge in [-0.15, -0.1) is 0 Å². The maximum atomic E-state index is 13.3. The van der Waals surface area contributed by atoms with Crippen molar-refractivity contribution in [3.63, 3.8) is 0 Å². The van der Waals surface area contributed by atoms with Crippen LogP contribution >= 0.6 is 0 Å². The predicted octanol–water partition coefficient (Wildman–Crippen LogP) is 4.21. The van der Waals surface area contributed by atoms with Crippen molar-refractivity contribution < 1.29 is 33.4 Å². The van der Waals surface area contributed by atoms with E-state index in [1.54, 1.807) is 38.1 Å². The number of ether oxygens (including phenoxy) is 3. The fourth-order valence-corrected chi connectivity index (χ4v) is 7.51. The SMILES string of the molecule is CC(=O)O[C@@]1(C)[C@H]2[C@@H]3C=C(C)C(=O)O[C@]3([C@@H]3C=C(C)C(=O)C3)[C@H](C)[C@@H](OC(=O)c3ccccc3)[C@]21C. The Hall–Kier alpha value is -3.22.